The van der Waals surface area contributed by atoms with Crippen LogP contribution in [0.1, 0.15) is 5.56 Å². The zero-order valence-corrected chi connectivity index (χ0v) is 19.6. The smallest absolute Gasteiger partial charge is 0.233 e. The summed E-state index contributed by atoms with van der Waals surface area (Å²) in [6.45, 7) is 4.29. The summed E-state index contributed by atoms with van der Waals surface area (Å²) in [7, 11) is 1.68. The normalized spacial score (nSPS) is 14.5. The Bertz CT molecular complexity index is 1030. The molecule has 1 aliphatic rings. The van der Waals surface area contributed by atoms with Gasteiger partial charge in [0, 0.05) is 37.7 Å². The zero-order chi connectivity index (χ0) is 22.3. The quantitative estimate of drug-likeness (QED) is 0.469. The van der Waals surface area contributed by atoms with E-state index in [1.54, 1.807) is 13.4 Å². The second-order valence-electron chi connectivity index (χ2n) is 7.57. The summed E-state index contributed by atoms with van der Waals surface area (Å²) in [6.07, 6.45) is 2.63. The number of ether oxygens (including phenoxy) is 1. The van der Waals surface area contributed by atoms with Crippen molar-refractivity contribution in [2.75, 3.05) is 45.6 Å². The molecule has 0 radical (unpaired) electrons. The molecular weight excluding hydrogens is 446 g/mol. The fraction of sp³-hybridized carbons (Fsp3) is 0.348. The van der Waals surface area contributed by atoms with Crippen LogP contribution in [0.3, 0.4) is 0 Å². The summed E-state index contributed by atoms with van der Waals surface area (Å²) in [4.78, 5) is 17.1. The van der Waals surface area contributed by atoms with Crippen molar-refractivity contribution in [3.05, 3.63) is 65.4 Å². The van der Waals surface area contributed by atoms with Gasteiger partial charge in [-0.05, 0) is 42.3 Å². The molecule has 2 heterocycles. The average molecular weight is 472 g/mol. The minimum absolute atomic E-state index is 0.130. The lowest BCUT2D eigenvalue weighted by molar-refractivity contribution is -0.130. The van der Waals surface area contributed by atoms with E-state index in [0.29, 0.717) is 15.9 Å². The van der Waals surface area contributed by atoms with Gasteiger partial charge in [-0.1, -0.05) is 41.6 Å². The highest BCUT2D eigenvalue weighted by molar-refractivity contribution is 7.99. The number of rotatable bonds is 8. The minimum Gasteiger partial charge on any atom is -0.497 e. The first-order valence-corrected chi connectivity index (χ1v) is 11.9. The maximum absolute atomic E-state index is 12.7. The molecule has 7 nitrogen and oxygen atoms in total. The number of thioether (sulfide) groups is 1. The number of amides is 1. The van der Waals surface area contributed by atoms with Crippen LogP contribution in [0.4, 0.5) is 0 Å². The predicted molar refractivity (Wildman–Crippen MR) is 127 cm³/mol. The van der Waals surface area contributed by atoms with Crippen molar-refractivity contribution in [1.29, 1.82) is 0 Å². The number of hydrogen-bond donors (Lipinski definition) is 0. The first-order chi connectivity index (χ1) is 15.6. The molecule has 0 saturated carbocycles. The fourth-order valence-electron chi connectivity index (χ4n) is 3.64. The van der Waals surface area contributed by atoms with Crippen LogP contribution in [0.15, 0.2) is 60.0 Å². The van der Waals surface area contributed by atoms with Crippen molar-refractivity contribution >= 4 is 29.3 Å². The Hall–Kier alpha value is -2.55. The van der Waals surface area contributed by atoms with Gasteiger partial charge >= 0.3 is 0 Å². The maximum atomic E-state index is 12.7. The molecule has 0 aliphatic carbocycles. The molecule has 2 aromatic carbocycles. The Labute approximate surface area is 197 Å². The molecular formula is C23H26ClN5O2S. The van der Waals surface area contributed by atoms with Crippen LogP contribution < -0.4 is 4.74 Å². The molecule has 168 valence electrons. The van der Waals surface area contributed by atoms with Gasteiger partial charge in [-0.3, -0.25) is 14.3 Å². The molecule has 9 heteroatoms. The van der Waals surface area contributed by atoms with Crippen molar-refractivity contribution in [1.82, 2.24) is 24.6 Å². The molecule has 0 atom stereocenters. The van der Waals surface area contributed by atoms with E-state index < -0.39 is 0 Å². The van der Waals surface area contributed by atoms with Crippen molar-refractivity contribution in [3.8, 4) is 11.4 Å². The van der Waals surface area contributed by atoms with Crippen LogP contribution in [-0.4, -0.2) is 76.1 Å². The van der Waals surface area contributed by atoms with Crippen molar-refractivity contribution in [2.45, 2.75) is 11.6 Å². The highest BCUT2D eigenvalue weighted by Gasteiger charge is 2.21. The third-order valence-electron chi connectivity index (χ3n) is 5.53. The zero-order valence-electron chi connectivity index (χ0n) is 18.0. The van der Waals surface area contributed by atoms with Gasteiger partial charge in [-0.15, -0.1) is 10.2 Å². The number of benzene rings is 2. The van der Waals surface area contributed by atoms with E-state index in [1.807, 2.05) is 45.9 Å². The Kier molecular flexibility index (Phi) is 7.68. The lowest BCUT2D eigenvalue weighted by atomic mass is 10.1. The van der Waals surface area contributed by atoms with Gasteiger partial charge in [0.25, 0.3) is 0 Å². The molecule has 0 spiro atoms. The maximum Gasteiger partial charge on any atom is 0.233 e. The Morgan fingerprint density at radius 3 is 2.62 bits per heavy atom. The minimum atomic E-state index is 0.130. The molecule has 0 bridgehead atoms. The summed E-state index contributed by atoms with van der Waals surface area (Å²) in [5, 5.41) is 9.48. The first-order valence-electron chi connectivity index (χ1n) is 10.5. The largest absolute Gasteiger partial charge is 0.497 e. The summed E-state index contributed by atoms with van der Waals surface area (Å²) in [5.41, 5.74) is 2.17. The summed E-state index contributed by atoms with van der Waals surface area (Å²) in [5.74, 6) is 1.35. The van der Waals surface area contributed by atoms with Gasteiger partial charge in [-0.25, -0.2) is 0 Å². The molecule has 1 aliphatic heterocycles. The molecule has 0 N–H and O–H groups in total. The standard InChI is InChI=1S/C23H26ClN5O2S/c1-31-21-7-5-18(6-8-21)9-10-27-11-13-28(14-12-27)22(30)16-32-23-26-25-17-29(23)20-4-2-3-19(24)15-20/h2-8,15,17H,9-14,16H2,1H3. The second-order valence-corrected chi connectivity index (χ2v) is 8.95. The monoisotopic (exact) mass is 471 g/mol. The number of carbonyl (C=O) groups excluding carboxylic acids is 1. The number of aromatic nitrogens is 3. The number of piperazine rings is 1. The lowest BCUT2D eigenvalue weighted by Crippen LogP contribution is -2.49. The Balaban J connectivity index is 1.23. The lowest BCUT2D eigenvalue weighted by Gasteiger charge is -2.34. The summed E-state index contributed by atoms with van der Waals surface area (Å²) < 4.78 is 7.06. The van der Waals surface area contributed by atoms with E-state index in [-0.39, 0.29) is 5.91 Å². The molecule has 0 unspecified atom stereocenters. The van der Waals surface area contributed by atoms with Gasteiger partial charge in [0.05, 0.1) is 18.6 Å². The van der Waals surface area contributed by atoms with Gasteiger partial charge in [0.2, 0.25) is 5.91 Å². The number of halogens is 1. The van der Waals surface area contributed by atoms with Crippen LogP contribution >= 0.6 is 23.4 Å². The van der Waals surface area contributed by atoms with E-state index >= 15 is 0 Å². The van der Waals surface area contributed by atoms with Crippen LogP contribution in [0.25, 0.3) is 5.69 Å². The highest BCUT2D eigenvalue weighted by atomic mass is 35.5. The van der Waals surface area contributed by atoms with Crippen molar-refractivity contribution in [2.24, 2.45) is 0 Å². The van der Waals surface area contributed by atoms with Crippen LogP contribution in [0.5, 0.6) is 5.75 Å². The van der Waals surface area contributed by atoms with Crippen LogP contribution in [0, 0.1) is 0 Å². The Morgan fingerprint density at radius 1 is 1.12 bits per heavy atom. The fourth-order valence-corrected chi connectivity index (χ4v) is 4.66. The molecule has 1 saturated heterocycles. The number of nitrogens with zero attached hydrogens (tertiary/aromatic N) is 5. The average Bonchev–Trinajstić information content (AvgIpc) is 3.30. The van der Waals surface area contributed by atoms with Crippen molar-refractivity contribution in [3.63, 3.8) is 0 Å². The second kappa shape index (κ2) is 10.8. The molecule has 1 fully saturated rings. The van der Waals surface area contributed by atoms with Gasteiger partial charge < -0.3 is 9.64 Å². The van der Waals surface area contributed by atoms with Gasteiger partial charge in [0.1, 0.15) is 12.1 Å². The van der Waals surface area contributed by atoms with E-state index in [2.05, 4.69) is 27.2 Å². The molecule has 3 aromatic rings. The number of hydrogen-bond acceptors (Lipinski definition) is 6. The third kappa shape index (κ3) is 5.82. The summed E-state index contributed by atoms with van der Waals surface area (Å²) in [6, 6.07) is 15.7. The molecule has 1 aromatic heterocycles. The Morgan fingerprint density at radius 2 is 1.91 bits per heavy atom. The first kappa shape index (κ1) is 22.6. The summed E-state index contributed by atoms with van der Waals surface area (Å²) >= 11 is 7.49. The number of methoxy groups -OCH3 is 1. The van der Waals surface area contributed by atoms with E-state index in [1.165, 1.54) is 17.3 Å². The third-order valence-corrected chi connectivity index (χ3v) is 6.69. The van der Waals surface area contributed by atoms with Crippen LogP contribution in [-0.2, 0) is 11.2 Å². The van der Waals surface area contributed by atoms with Crippen molar-refractivity contribution < 1.29 is 9.53 Å². The molecule has 4 rings (SSSR count). The molecule has 1 amide bonds. The molecule has 32 heavy (non-hydrogen) atoms. The van der Waals surface area contributed by atoms with E-state index in [9.17, 15) is 4.79 Å². The highest BCUT2D eigenvalue weighted by Crippen LogP contribution is 2.22. The van der Waals surface area contributed by atoms with Gasteiger partial charge in [0.15, 0.2) is 5.16 Å². The van der Waals surface area contributed by atoms with E-state index in [0.717, 1.165) is 50.6 Å². The SMILES string of the molecule is COc1ccc(CCN2CCN(C(=O)CSc3nncn3-c3cccc(Cl)c3)CC2)cc1. The predicted octanol–water partition coefficient (Wildman–Crippen LogP) is 3.41. The topological polar surface area (TPSA) is 63.5 Å². The van der Waals surface area contributed by atoms with Crippen LogP contribution in [0.2, 0.25) is 5.02 Å². The van der Waals surface area contributed by atoms with Gasteiger partial charge in [-0.2, -0.15) is 0 Å². The number of carbonyl (C=O) groups is 1. The van der Waals surface area contributed by atoms with E-state index in [4.69, 9.17) is 16.3 Å².